The van der Waals surface area contributed by atoms with Crippen LogP contribution in [0.1, 0.15) is 55.2 Å². The van der Waals surface area contributed by atoms with Gasteiger partial charge in [0.25, 0.3) is 0 Å². The van der Waals surface area contributed by atoms with Crippen LogP contribution in [0.15, 0.2) is 24.3 Å². The predicted octanol–water partition coefficient (Wildman–Crippen LogP) is 3.20. The summed E-state index contributed by atoms with van der Waals surface area (Å²) in [5.74, 6) is 0.00334. The number of aryl methyl sites for hydroxylation is 2. The molecule has 0 saturated carbocycles. The van der Waals surface area contributed by atoms with E-state index in [0.29, 0.717) is 19.3 Å². The first-order valence-electron chi connectivity index (χ1n) is 9.00. The maximum Gasteiger partial charge on any atom is 0.224 e. The van der Waals surface area contributed by atoms with E-state index in [2.05, 4.69) is 15.7 Å². The van der Waals surface area contributed by atoms with E-state index in [1.54, 1.807) is 0 Å². The first-order valence-corrected chi connectivity index (χ1v) is 9.00. The van der Waals surface area contributed by atoms with Crippen molar-refractivity contribution in [2.75, 3.05) is 5.32 Å². The van der Waals surface area contributed by atoms with Gasteiger partial charge in [0, 0.05) is 31.3 Å². The number of carbonyl (C=O) groups excluding carboxylic acids is 2. The lowest BCUT2D eigenvalue weighted by atomic mass is 10.1. The maximum absolute atomic E-state index is 12.3. The van der Waals surface area contributed by atoms with E-state index in [4.69, 9.17) is 0 Å². The van der Waals surface area contributed by atoms with Crippen LogP contribution in [0.5, 0.6) is 0 Å². The molecule has 0 radical (unpaired) electrons. The smallest absolute Gasteiger partial charge is 0.224 e. The maximum atomic E-state index is 12.3. The predicted molar refractivity (Wildman–Crippen MR) is 103 cm³/mol. The normalized spacial score (nSPS) is 11.9. The lowest BCUT2D eigenvalue weighted by Gasteiger charge is -2.15. The number of hydrogen-bond donors (Lipinski definition) is 2. The van der Waals surface area contributed by atoms with Crippen LogP contribution in [-0.2, 0) is 23.1 Å². The van der Waals surface area contributed by atoms with E-state index >= 15 is 0 Å². The van der Waals surface area contributed by atoms with Crippen LogP contribution in [0.2, 0.25) is 0 Å². The zero-order valence-electron chi connectivity index (χ0n) is 16.2. The van der Waals surface area contributed by atoms with Crippen molar-refractivity contribution in [3.8, 4) is 0 Å². The number of hydrogen-bond acceptors (Lipinski definition) is 3. The van der Waals surface area contributed by atoms with Crippen LogP contribution in [0, 0.1) is 13.8 Å². The Kier molecular flexibility index (Phi) is 6.55. The average Bonchev–Trinajstić information content (AvgIpc) is 2.85. The number of aromatic nitrogens is 2. The molecule has 0 bridgehead atoms. The minimum absolute atomic E-state index is 0.0138. The van der Waals surface area contributed by atoms with Crippen LogP contribution in [0.3, 0.4) is 0 Å². The highest BCUT2D eigenvalue weighted by Crippen LogP contribution is 2.17. The molecule has 0 saturated heterocycles. The molecule has 0 aliphatic rings. The van der Waals surface area contributed by atoms with E-state index in [1.807, 2.05) is 63.7 Å². The third-order valence-corrected chi connectivity index (χ3v) is 4.65. The molecule has 1 heterocycles. The van der Waals surface area contributed by atoms with Crippen molar-refractivity contribution in [2.45, 2.75) is 53.0 Å². The van der Waals surface area contributed by atoms with Gasteiger partial charge >= 0.3 is 0 Å². The number of nitrogens with one attached hydrogen (secondary N) is 2. The molecule has 1 aromatic carbocycles. The van der Waals surface area contributed by atoms with Crippen LogP contribution in [0.4, 0.5) is 5.69 Å². The van der Waals surface area contributed by atoms with Gasteiger partial charge in [0.1, 0.15) is 0 Å². The Morgan fingerprint density at radius 2 is 1.81 bits per heavy atom. The van der Waals surface area contributed by atoms with E-state index in [0.717, 1.165) is 28.2 Å². The number of anilines is 1. The topological polar surface area (TPSA) is 76.0 Å². The fraction of sp³-hybridized carbons (Fsp3) is 0.450. The van der Waals surface area contributed by atoms with E-state index in [1.165, 1.54) is 0 Å². The molecule has 6 heteroatoms. The minimum atomic E-state index is -0.0884. The quantitative estimate of drug-likeness (QED) is 0.800. The van der Waals surface area contributed by atoms with Gasteiger partial charge in [-0.1, -0.05) is 19.1 Å². The van der Waals surface area contributed by atoms with Crippen molar-refractivity contribution < 1.29 is 9.59 Å². The summed E-state index contributed by atoms with van der Waals surface area (Å²) in [5, 5.41) is 10.2. The number of rotatable bonds is 7. The third-order valence-electron chi connectivity index (χ3n) is 4.65. The molecule has 6 nitrogen and oxygen atoms in total. The SMILES string of the molecule is CCC(=O)Nc1ccc(C(C)NC(=O)CCc2c(C)nn(C)c2C)cc1. The van der Waals surface area contributed by atoms with Gasteiger partial charge < -0.3 is 10.6 Å². The fourth-order valence-corrected chi connectivity index (χ4v) is 2.92. The molecule has 2 N–H and O–H groups in total. The number of carbonyl (C=O) groups is 2. The van der Waals surface area contributed by atoms with Gasteiger partial charge in [-0.15, -0.1) is 0 Å². The molecule has 0 spiro atoms. The molecule has 1 unspecified atom stereocenters. The Balaban J connectivity index is 1.89. The molecule has 140 valence electrons. The molecular formula is C20H28N4O2. The van der Waals surface area contributed by atoms with Crippen molar-refractivity contribution in [1.29, 1.82) is 0 Å². The van der Waals surface area contributed by atoms with Crippen molar-refractivity contribution in [3.63, 3.8) is 0 Å². The van der Waals surface area contributed by atoms with E-state index in [9.17, 15) is 9.59 Å². The van der Waals surface area contributed by atoms with Crippen LogP contribution >= 0.6 is 0 Å². The minimum Gasteiger partial charge on any atom is -0.350 e. The Hall–Kier alpha value is -2.63. The van der Waals surface area contributed by atoms with E-state index < -0.39 is 0 Å². The Morgan fingerprint density at radius 3 is 2.35 bits per heavy atom. The zero-order valence-corrected chi connectivity index (χ0v) is 16.2. The summed E-state index contributed by atoms with van der Waals surface area (Å²) in [7, 11) is 1.92. The van der Waals surface area contributed by atoms with Crippen LogP contribution < -0.4 is 10.6 Å². The first kappa shape index (κ1) is 19.7. The van der Waals surface area contributed by atoms with E-state index in [-0.39, 0.29) is 17.9 Å². The summed E-state index contributed by atoms with van der Waals surface area (Å²) in [6.45, 7) is 7.77. The van der Waals surface area contributed by atoms with Crippen molar-refractivity contribution >= 4 is 17.5 Å². The zero-order chi connectivity index (χ0) is 19.3. The van der Waals surface area contributed by atoms with Gasteiger partial charge in [-0.2, -0.15) is 5.10 Å². The second kappa shape index (κ2) is 8.65. The lowest BCUT2D eigenvalue weighted by molar-refractivity contribution is -0.121. The Labute approximate surface area is 155 Å². The lowest BCUT2D eigenvalue weighted by Crippen LogP contribution is -2.26. The molecule has 2 amide bonds. The van der Waals surface area contributed by atoms with Crippen LogP contribution in [0.25, 0.3) is 0 Å². The van der Waals surface area contributed by atoms with Gasteiger partial charge in [0.05, 0.1) is 11.7 Å². The Bertz CT molecular complexity index is 778. The average molecular weight is 356 g/mol. The highest BCUT2D eigenvalue weighted by molar-refractivity contribution is 5.90. The van der Waals surface area contributed by atoms with Crippen molar-refractivity contribution in [2.24, 2.45) is 7.05 Å². The van der Waals surface area contributed by atoms with Gasteiger partial charge in [0.15, 0.2) is 0 Å². The largest absolute Gasteiger partial charge is 0.350 e. The van der Waals surface area contributed by atoms with Gasteiger partial charge in [-0.25, -0.2) is 0 Å². The molecule has 0 aliphatic carbocycles. The molecule has 0 aliphatic heterocycles. The van der Waals surface area contributed by atoms with Gasteiger partial charge in [-0.05, 0) is 50.5 Å². The van der Waals surface area contributed by atoms with Crippen molar-refractivity contribution in [3.05, 3.63) is 46.8 Å². The molecule has 1 aromatic heterocycles. The highest BCUT2D eigenvalue weighted by Gasteiger charge is 2.13. The van der Waals surface area contributed by atoms with Crippen molar-refractivity contribution in [1.82, 2.24) is 15.1 Å². The Morgan fingerprint density at radius 1 is 1.15 bits per heavy atom. The monoisotopic (exact) mass is 356 g/mol. The molecule has 2 rings (SSSR count). The standard InChI is InChI=1S/C20H28N4O2/c1-6-19(25)22-17-9-7-16(8-10-17)13(2)21-20(26)12-11-18-14(3)23-24(5)15(18)4/h7-10,13H,6,11-12H2,1-5H3,(H,21,26)(H,22,25). The molecular weight excluding hydrogens is 328 g/mol. The first-order chi connectivity index (χ1) is 12.3. The summed E-state index contributed by atoms with van der Waals surface area (Å²) in [4.78, 5) is 23.7. The second-order valence-electron chi connectivity index (χ2n) is 6.59. The van der Waals surface area contributed by atoms with Gasteiger partial charge in [-0.3, -0.25) is 14.3 Å². The molecule has 26 heavy (non-hydrogen) atoms. The number of amides is 2. The van der Waals surface area contributed by atoms with Crippen LogP contribution in [-0.4, -0.2) is 21.6 Å². The summed E-state index contributed by atoms with van der Waals surface area (Å²) >= 11 is 0. The molecule has 2 aromatic rings. The molecule has 0 fully saturated rings. The summed E-state index contributed by atoms with van der Waals surface area (Å²) in [6.07, 6.45) is 1.57. The number of nitrogens with zero attached hydrogens (tertiary/aromatic N) is 2. The summed E-state index contributed by atoms with van der Waals surface area (Å²) < 4.78 is 1.85. The second-order valence-corrected chi connectivity index (χ2v) is 6.59. The fourth-order valence-electron chi connectivity index (χ4n) is 2.92. The third kappa shape index (κ3) is 4.94. The summed E-state index contributed by atoms with van der Waals surface area (Å²) in [5.41, 5.74) is 5.00. The number of benzene rings is 1. The highest BCUT2D eigenvalue weighted by atomic mass is 16.2. The summed E-state index contributed by atoms with van der Waals surface area (Å²) in [6, 6.07) is 7.47. The van der Waals surface area contributed by atoms with Gasteiger partial charge in [0.2, 0.25) is 11.8 Å². The molecule has 1 atom stereocenters.